The SMILES string of the molecule is Cc1nc(Cc2noc(C(C(C)C)C(C)N)n2)cs1. The Morgan fingerprint density at radius 2 is 2.05 bits per heavy atom. The molecule has 0 spiro atoms. The van der Waals surface area contributed by atoms with Crippen molar-refractivity contribution in [2.24, 2.45) is 11.7 Å². The highest BCUT2D eigenvalue weighted by Crippen LogP contribution is 2.25. The van der Waals surface area contributed by atoms with Crippen LogP contribution in [-0.2, 0) is 6.42 Å². The minimum Gasteiger partial charge on any atom is -0.339 e. The Morgan fingerprint density at radius 1 is 1.32 bits per heavy atom. The molecular formula is C13H20N4OS. The fourth-order valence-corrected chi connectivity index (χ4v) is 2.86. The Balaban J connectivity index is 2.14. The molecule has 0 saturated heterocycles. The minimum atomic E-state index is -0.00480. The van der Waals surface area contributed by atoms with Gasteiger partial charge in [-0.1, -0.05) is 19.0 Å². The van der Waals surface area contributed by atoms with E-state index in [2.05, 4.69) is 29.0 Å². The van der Waals surface area contributed by atoms with Gasteiger partial charge in [0.15, 0.2) is 5.82 Å². The first-order chi connectivity index (χ1) is 8.97. The maximum Gasteiger partial charge on any atom is 0.231 e. The quantitative estimate of drug-likeness (QED) is 0.910. The second-order valence-electron chi connectivity index (χ2n) is 5.21. The fraction of sp³-hybridized carbons (Fsp3) is 0.615. The Labute approximate surface area is 117 Å². The molecular weight excluding hydrogens is 260 g/mol. The van der Waals surface area contributed by atoms with E-state index in [1.807, 2.05) is 19.2 Å². The average Bonchev–Trinajstić information content (AvgIpc) is 2.88. The van der Waals surface area contributed by atoms with Crippen LogP contribution in [0.5, 0.6) is 0 Å². The first-order valence-corrected chi connectivity index (χ1v) is 7.34. The lowest BCUT2D eigenvalue weighted by Crippen LogP contribution is -2.28. The van der Waals surface area contributed by atoms with Crippen LogP contribution in [0.4, 0.5) is 0 Å². The van der Waals surface area contributed by atoms with Gasteiger partial charge in [0.25, 0.3) is 0 Å². The third-order valence-corrected chi connectivity index (χ3v) is 3.88. The predicted octanol–water partition coefficient (Wildman–Crippen LogP) is 2.51. The van der Waals surface area contributed by atoms with E-state index in [0.29, 0.717) is 24.1 Å². The Morgan fingerprint density at radius 3 is 2.58 bits per heavy atom. The van der Waals surface area contributed by atoms with Gasteiger partial charge in [0.1, 0.15) is 0 Å². The molecule has 6 heteroatoms. The molecule has 0 aliphatic rings. The van der Waals surface area contributed by atoms with Crippen molar-refractivity contribution in [1.82, 2.24) is 15.1 Å². The summed E-state index contributed by atoms with van der Waals surface area (Å²) in [5.41, 5.74) is 6.98. The molecule has 2 rings (SSSR count). The van der Waals surface area contributed by atoms with Gasteiger partial charge in [0.05, 0.1) is 23.0 Å². The first kappa shape index (κ1) is 14.1. The maximum atomic E-state index is 6.00. The second-order valence-corrected chi connectivity index (χ2v) is 6.27. The van der Waals surface area contributed by atoms with E-state index in [0.717, 1.165) is 10.7 Å². The van der Waals surface area contributed by atoms with Crippen molar-refractivity contribution in [2.45, 2.75) is 46.1 Å². The average molecular weight is 280 g/mol. The largest absolute Gasteiger partial charge is 0.339 e. The zero-order valence-electron chi connectivity index (χ0n) is 11.8. The van der Waals surface area contributed by atoms with Gasteiger partial charge >= 0.3 is 0 Å². The molecule has 0 radical (unpaired) electrons. The van der Waals surface area contributed by atoms with E-state index in [4.69, 9.17) is 10.3 Å². The van der Waals surface area contributed by atoms with E-state index < -0.39 is 0 Å². The van der Waals surface area contributed by atoms with Gasteiger partial charge in [0, 0.05) is 11.4 Å². The van der Waals surface area contributed by atoms with Gasteiger partial charge in [0.2, 0.25) is 5.89 Å². The number of rotatable bonds is 5. The van der Waals surface area contributed by atoms with Crippen LogP contribution in [0.25, 0.3) is 0 Å². The molecule has 0 aliphatic heterocycles. The lowest BCUT2D eigenvalue weighted by Gasteiger charge is -2.20. The highest BCUT2D eigenvalue weighted by molar-refractivity contribution is 7.09. The zero-order valence-corrected chi connectivity index (χ0v) is 12.6. The summed E-state index contributed by atoms with van der Waals surface area (Å²) in [5, 5.41) is 7.10. The van der Waals surface area contributed by atoms with Crippen LogP contribution in [-0.4, -0.2) is 21.2 Å². The van der Waals surface area contributed by atoms with Crippen LogP contribution >= 0.6 is 11.3 Å². The molecule has 0 saturated carbocycles. The lowest BCUT2D eigenvalue weighted by molar-refractivity contribution is 0.298. The Hall–Kier alpha value is -1.27. The number of aromatic nitrogens is 3. The van der Waals surface area contributed by atoms with Crippen LogP contribution in [0.1, 0.15) is 49.1 Å². The molecule has 19 heavy (non-hydrogen) atoms. The van der Waals surface area contributed by atoms with Crippen molar-refractivity contribution in [2.75, 3.05) is 0 Å². The summed E-state index contributed by atoms with van der Waals surface area (Å²) in [6.45, 7) is 8.18. The summed E-state index contributed by atoms with van der Waals surface area (Å²) in [4.78, 5) is 8.87. The summed E-state index contributed by atoms with van der Waals surface area (Å²) >= 11 is 1.63. The molecule has 2 unspecified atom stereocenters. The molecule has 0 aromatic carbocycles. The summed E-state index contributed by atoms with van der Waals surface area (Å²) in [7, 11) is 0. The van der Waals surface area contributed by atoms with Gasteiger partial charge in [-0.2, -0.15) is 4.98 Å². The van der Waals surface area contributed by atoms with Gasteiger partial charge in [-0.15, -0.1) is 11.3 Å². The molecule has 2 aromatic heterocycles. The highest BCUT2D eigenvalue weighted by Gasteiger charge is 2.26. The smallest absolute Gasteiger partial charge is 0.231 e. The highest BCUT2D eigenvalue weighted by atomic mass is 32.1. The first-order valence-electron chi connectivity index (χ1n) is 6.46. The number of nitrogens with zero attached hydrogens (tertiary/aromatic N) is 3. The number of nitrogens with two attached hydrogens (primary N) is 1. The van der Waals surface area contributed by atoms with Crippen LogP contribution in [0.15, 0.2) is 9.90 Å². The molecule has 0 aliphatic carbocycles. The summed E-state index contributed by atoms with van der Waals surface area (Å²) in [6, 6.07) is -0.00480. The maximum absolute atomic E-state index is 6.00. The van der Waals surface area contributed by atoms with E-state index >= 15 is 0 Å². The topological polar surface area (TPSA) is 77.8 Å². The van der Waals surface area contributed by atoms with E-state index in [1.165, 1.54) is 0 Å². The van der Waals surface area contributed by atoms with Crippen LogP contribution in [0, 0.1) is 12.8 Å². The van der Waals surface area contributed by atoms with Gasteiger partial charge < -0.3 is 10.3 Å². The summed E-state index contributed by atoms with van der Waals surface area (Å²) < 4.78 is 5.36. The van der Waals surface area contributed by atoms with Gasteiger partial charge in [-0.05, 0) is 19.8 Å². The van der Waals surface area contributed by atoms with Crippen LogP contribution in [0.2, 0.25) is 0 Å². The number of thiazole rings is 1. The normalized spacial score (nSPS) is 14.8. The third kappa shape index (κ3) is 3.39. The molecule has 2 aromatic rings. The van der Waals surface area contributed by atoms with Crippen LogP contribution in [0.3, 0.4) is 0 Å². The van der Waals surface area contributed by atoms with Crippen LogP contribution < -0.4 is 5.73 Å². The van der Waals surface area contributed by atoms with E-state index in [-0.39, 0.29) is 12.0 Å². The van der Waals surface area contributed by atoms with Crippen molar-refractivity contribution in [3.63, 3.8) is 0 Å². The monoisotopic (exact) mass is 280 g/mol. The Bertz CT molecular complexity index is 524. The molecule has 2 heterocycles. The number of aryl methyl sites for hydroxylation is 1. The molecule has 0 fully saturated rings. The molecule has 104 valence electrons. The van der Waals surface area contributed by atoms with Crippen molar-refractivity contribution >= 4 is 11.3 Å². The molecule has 0 amide bonds. The number of hydrogen-bond acceptors (Lipinski definition) is 6. The molecule has 5 nitrogen and oxygen atoms in total. The Kier molecular flexibility index (Phi) is 4.31. The van der Waals surface area contributed by atoms with Crippen molar-refractivity contribution in [1.29, 1.82) is 0 Å². The van der Waals surface area contributed by atoms with Crippen molar-refractivity contribution in [3.8, 4) is 0 Å². The van der Waals surface area contributed by atoms with E-state index in [1.54, 1.807) is 11.3 Å². The standard InChI is InChI=1S/C13H20N4OS/c1-7(2)12(8(3)14)13-16-11(17-18-13)5-10-6-19-9(4)15-10/h6-8,12H,5,14H2,1-4H3. The van der Waals surface area contributed by atoms with Gasteiger partial charge in [-0.25, -0.2) is 4.98 Å². The third-order valence-electron chi connectivity index (χ3n) is 3.06. The molecule has 0 bridgehead atoms. The zero-order chi connectivity index (χ0) is 14.0. The number of hydrogen-bond donors (Lipinski definition) is 1. The lowest BCUT2D eigenvalue weighted by atomic mass is 9.90. The van der Waals surface area contributed by atoms with E-state index in [9.17, 15) is 0 Å². The van der Waals surface area contributed by atoms with Gasteiger partial charge in [-0.3, -0.25) is 0 Å². The predicted molar refractivity (Wildman–Crippen MR) is 75.2 cm³/mol. The van der Waals surface area contributed by atoms with Crippen molar-refractivity contribution in [3.05, 3.63) is 27.8 Å². The summed E-state index contributed by atoms with van der Waals surface area (Å²) in [6.07, 6.45) is 0.609. The fourth-order valence-electron chi connectivity index (χ4n) is 2.24. The molecule has 2 atom stereocenters. The molecule has 2 N–H and O–H groups in total. The second kappa shape index (κ2) is 5.79. The van der Waals surface area contributed by atoms with Crippen molar-refractivity contribution < 1.29 is 4.52 Å². The summed E-state index contributed by atoms with van der Waals surface area (Å²) in [5.74, 6) is 1.77. The minimum absolute atomic E-state index is 0.00480.